The van der Waals surface area contributed by atoms with Crippen LogP contribution in [0.25, 0.3) is 0 Å². The number of halogens is 1. The lowest BCUT2D eigenvalue weighted by atomic mass is 10.1. The van der Waals surface area contributed by atoms with Crippen LogP contribution in [0.15, 0.2) is 54.6 Å². The zero-order chi connectivity index (χ0) is 16.5. The molecule has 4 nitrogen and oxygen atoms in total. The summed E-state index contributed by atoms with van der Waals surface area (Å²) in [6, 6.07) is 17.3. The van der Waals surface area contributed by atoms with E-state index in [4.69, 9.17) is 10.5 Å². The second-order valence-corrected chi connectivity index (χ2v) is 5.32. The van der Waals surface area contributed by atoms with E-state index in [9.17, 15) is 4.79 Å². The summed E-state index contributed by atoms with van der Waals surface area (Å²) in [5.41, 5.74) is 7.37. The molecular formula is C19H25ClN2O2. The summed E-state index contributed by atoms with van der Waals surface area (Å²) >= 11 is 0. The minimum Gasteiger partial charge on any atom is -0.494 e. The fraction of sp³-hybridized carbons (Fsp3) is 0.316. The van der Waals surface area contributed by atoms with E-state index in [1.54, 1.807) is 6.07 Å². The molecule has 0 radical (unpaired) electrons. The van der Waals surface area contributed by atoms with Crippen molar-refractivity contribution in [1.29, 1.82) is 0 Å². The maximum Gasteiger partial charge on any atom is 0.254 e. The maximum atomic E-state index is 12.8. The molecule has 0 saturated carbocycles. The van der Waals surface area contributed by atoms with Crippen molar-refractivity contribution < 1.29 is 9.53 Å². The van der Waals surface area contributed by atoms with Gasteiger partial charge in [-0.15, -0.1) is 12.4 Å². The van der Waals surface area contributed by atoms with Crippen LogP contribution in [0.5, 0.6) is 5.75 Å². The molecule has 1 amide bonds. The Morgan fingerprint density at radius 3 is 2.54 bits per heavy atom. The summed E-state index contributed by atoms with van der Waals surface area (Å²) in [7, 11) is 0. The average Bonchev–Trinajstić information content (AvgIpc) is 2.59. The van der Waals surface area contributed by atoms with Crippen molar-refractivity contribution in [2.24, 2.45) is 5.73 Å². The molecule has 0 aliphatic rings. The number of ether oxygens (including phenoxy) is 1. The highest BCUT2D eigenvalue weighted by Crippen LogP contribution is 2.16. The van der Waals surface area contributed by atoms with Crippen molar-refractivity contribution >= 4 is 18.3 Å². The van der Waals surface area contributed by atoms with Gasteiger partial charge in [0.25, 0.3) is 5.91 Å². The minimum atomic E-state index is 0. The number of nitrogens with zero attached hydrogens (tertiary/aromatic N) is 1. The lowest BCUT2D eigenvalue weighted by Gasteiger charge is -2.23. The fourth-order valence-electron chi connectivity index (χ4n) is 2.41. The standard InChI is InChI=1S/C19H24N2O2.ClH/c1-2-23-18-11-6-10-17(14-18)19(22)21(13-7-12-20)15-16-8-4-3-5-9-16;/h3-6,8-11,14H,2,7,12-13,15,20H2,1H3;1H. The normalized spacial score (nSPS) is 9.92. The van der Waals surface area contributed by atoms with Crippen molar-refractivity contribution in [2.45, 2.75) is 19.9 Å². The molecular weight excluding hydrogens is 324 g/mol. The Morgan fingerprint density at radius 1 is 1.12 bits per heavy atom. The molecule has 0 atom stereocenters. The van der Waals surface area contributed by atoms with Gasteiger partial charge in [0.1, 0.15) is 5.75 Å². The predicted octanol–water partition coefficient (Wildman–Crippen LogP) is 3.50. The van der Waals surface area contributed by atoms with Crippen molar-refractivity contribution in [2.75, 3.05) is 19.7 Å². The van der Waals surface area contributed by atoms with Crippen molar-refractivity contribution in [3.05, 3.63) is 65.7 Å². The molecule has 0 aliphatic carbocycles. The molecule has 24 heavy (non-hydrogen) atoms. The highest BCUT2D eigenvalue weighted by atomic mass is 35.5. The molecule has 0 aliphatic heterocycles. The molecule has 0 unspecified atom stereocenters. The maximum absolute atomic E-state index is 12.8. The highest BCUT2D eigenvalue weighted by molar-refractivity contribution is 5.94. The summed E-state index contributed by atoms with van der Waals surface area (Å²) in [5.74, 6) is 0.723. The van der Waals surface area contributed by atoms with E-state index < -0.39 is 0 Å². The summed E-state index contributed by atoms with van der Waals surface area (Å²) in [6.45, 7) is 4.30. The number of carbonyl (C=O) groups excluding carboxylic acids is 1. The molecule has 2 aromatic rings. The molecule has 2 N–H and O–H groups in total. The number of carbonyl (C=O) groups is 1. The van der Waals surface area contributed by atoms with Crippen LogP contribution >= 0.6 is 12.4 Å². The predicted molar refractivity (Wildman–Crippen MR) is 99.7 cm³/mol. The number of rotatable bonds is 8. The Hall–Kier alpha value is -2.04. The second kappa shape index (κ2) is 10.7. The molecule has 0 bridgehead atoms. The molecule has 0 saturated heterocycles. The third-order valence-electron chi connectivity index (χ3n) is 3.53. The molecule has 2 aromatic carbocycles. The van der Waals surface area contributed by atoms with Crippen LogP contribution in [0.2, 0.25) is 0 Å². The van der Waals surface area contributed by atoms with E-state index >= 15 is 0 Å². The van der Waals surface area contributed by atoms with Gasteiger partial charge in [-0.05, 0) is 43.7 Å². The van der Waals surface area contributed by atoms with Crippen LogP contribution in [-0.2, 0) is 6.54 Å². The third kappa shape index (κ3) is 5.87. The smallest absolute Gasteiger partial charge is 0.254 e. The number of hydrogen-bond donors (Lipinski definition) is 1. The van der Waals surface area contributed by atoms with Gasteiger partial charge in [0.05, 0.1) is 6.61 Å². The van der Waals surface area contributed by atoms with Gasteiger partial charge in [0.15, 0.2) is 0 Å². The zero-order valence-corrected chi connectivity index (χ0v) is 14.8. The average molecular weight is 349 g/mol. The Kier molecular flexibility index (Phi) is 8.90. The molecule has 2 rings (SSSR count). The first kappa shape index (κ1) is 20.0. The van der Waals surface area contributed by atoms with E-state index in [0.717, 1.165) is 17.7 Å². The van der Waals surface area contributed by atoms with Gasteiger partial charge in [0.2, 0.25) is 0 Å². The van der Waals surface area contributed by atoms with E-state index in [1.165, 1.54) is 0 Å². The topological polar surface area (TPSA) is 55.6 Å². The summed E-state index contributed by atoms with van der Waals surface area (Å²) in [6.07, 6.45) is 0.781. The molecule has 0 spiro atoms. The molecule has 0 heterocycles. The van der Waals surface area contributed by atoms with Gasteiger partial charge in [-0.1, -0.05) is 36.4 Å². The van der Waals surface area contributed by atoms with E-state index in [1.807, 2.05) is 60.4 Å². The van der Waals surface area contributed by atoms with Crippen LogP contribution in [0, 0.1) is 0 Å². The van der Waals surface area contributed by atoms with E-state index in [2.05, 4.69) is 0 Å². The monoisotopic (exact) mass is 348 g/mol. The van der Waals surface area contributed by atoms with Crippen LogP contribution in [0.3, 0.4) is 0 Å². The van der Waals surface area contributed by atoms with E-state index in [0.29, 0.717) is 31.8 Å². The lowest BCUT2D eigenvalue weighted by molar-refractivity contribution is 0.0742. The van der Waals surface area contributed by atoms with Crippen LogP contribution in [-0.4, -0.2) is 30.5 Å². The zero-order valence-electron chi connectivity index (χ0n) is 14.0. The quantitative estimate of drug-likeness (QED) is 0.794. The van der Waals surface area contributed by atoms with Gasteiger partial charge in [0, 0.05) is 18.7 Å². The Morgan fingerprint density at radius 2 is 1.88 bits per heavy atom. The van der Waals surface area contributed by atoms with Crippen LogP contribution in [0.1, 0.15) is 29.3 Å². The lowest BCUT2D eigenvalue weighted by Crippen LogP contribution is -2.32. The van der Waals surface area contributed by atoms with Crippen molar-refractivity contribution in [1.82, 2.24) is 4.90 Å². The van der Waals surface area contributed by atoms with Crippen LogP contribution < -0.4 is 10.5 Å². The highest BCUT2D eigenvalue weighted by Gasteiger charge is 2.16. The van der Waals surface area contributed by atoms with Gasteiger partial charge >= 0.3 is 0 Å². The van der Waals surface area contributed by atoms with Gasteiger partial charge in [-0.3, -0.25) is 4.79 Å². The molecule has 0 fully saturated rings. The first-order valence-electron chi connectivity index (χ1n) is 8.00. The summed E-state index contributed by atoms with van der Waals surface area (Å²) in [4.78, 5) is 14.7. The first-order chi connectivity index (χ1) is 11.2. The summed E-state index contributed by atoms with van der Waals surface area (Å²) in [5, 5.41) is 0. The van der Waals surface area contributed by atoms with Crippen molar-refractivity contribution in [3.63, 3.8) is 0 Å². The molecule has 0 aromatic heterocycles. The summed E-state index contributed by atoms with van der Waals surface area (Å²) < 4.78 is 5.49. The third-order valence-corrected chi connectivity index (χ3v) is 3.53. The largest absolute Gasteiger partial charge is 0.494 e. The Labute approximate surface area is 150 Å². The van der Waals surface area contributed by atoms with Crippen molar-refractivity contribution in [3.8, 4) is 5.75 Å². The first-order valence-corrected chi connectivity index (χ1v) is 8.00. The molecule has 5 heteroatoms. The number of nitrogens with two attached hydrogens (primary N) is 1. The molecule has 130 valence electrons. The van der Waals surface area contributed by atoms with Gasteiger partial charge < -0.3 is 15.4 Å². The minimum absolute atomic E-state index is 0. The van der Waals surface area contributed by atoms with Gasteiger partial charge in [-0.25, -0.2) is 0 Å². The Balaban J connectivity index is 0.00000288. The second-order valence-electron chi connectivity index (χ2n) is 5.32. The number of amides is 1. The van der Waals surface area contributed by atoms with Crippen LogP contribution in [0.4, 0.5) is 0 Å². The SMILES string of the molecule is CCOc1cccc(C(=O)N(CCCN)Cc2ccccc2)c1.Cl. The van der Waals surface area contributed by atoms with E-state index in [-0.39, 0.29) is 18.3 Å². The fourth-order valence-corrected chi connectivity index (χ4v) is 2.41. The number of hydrogen-bond acceptors (Lipinski definition) is 3. The Bertz CT molecular complexity index is 620. The number of benzene rings is 2. The van der Waals surface area contributed by atoms with Gasteiger partial charge in [-0.2, -0.15) is 0 Å².